The fraction of sp³-hybridized carbons (Fsp3) is 0.462. The molecule has 1 saturated heterocycles. The van der Waals surface area contributed by atoms with E-state index < -0.39 is 0 Å². The number of amides is 2. The Hall–Kier alpha value is -1.01. The minimum atomic E-state index is -0.174. The molecule has 0 radical (unpaired) electrons. The van der Waals surface area contributed by atoms with Gasteiger partial charge >= 0.3 is 6.03 Å². The summed E-state index contributed by atoms with van der Waals surface area (Å²) in [7, 11) is 2.02. The maximum absolute atomic E-state index is 12.3. The van der Waals surface area contributed by atoms with Crippen LogP contribution in [0, 0.1) is 0 Å². The van der Waals surface area contributed by atoms with E-state index in [0.29, 0.717) is 28.8 Å². The molecular formula is C13H18Cl2N4O. The molecule has 3 N–H and O–H groups in total. The quantitative estimate of drug-likeness (QED) is 0.878. The van der Waals surface area contributed by atoms with Gasteiger partial charge in [0.25, 0.3) is 0 Å². The molecule has 1 fully saturated rings. The lowest BCUT2D eigenvalue weighted by atomic mass is 10.2. The van der Waals surface area contributed by atoms with Gasteiger partial charge in [-0.15, -0.1) is 0 Å². The molecule has 0 saturated carbocycles. The predicted molar refractivity (Wildman–Crippen MR) is 82.5 cm³/mol. The van der Waals surface area contributed by atoms with Crippen LogP contribution in [0.1, 0.15) is 0 Å². The molecule has 2 amide bonds. The van der Waals surface area contributed by atoms with Crippen molar-refractivity contribution in [3.05, 3.63) is 28.2 Å². The summed E-state index contributed by atoms with van der Waals surface area (Å²) >= 11 is 11.8. The van der Waals surface area contributed by atoms with Crippen LogP contribution in [0.15, 0.2) is 18.2 Å². The fourth-order valence-corrected chi connectivity index (χ4v) is 2.83. The van der Waals surface area contributed by atoms with Gasteiger partial charge in [0, 0.05) is 41.9 Å². The molecule has 110 valence electrons. The van der Waals surface area contributed by atoms with Gasteiger partial charge < -0.3 is 20.9 Å². The van der Waals surface area contributed by atoms with Crippen LogP contribution >= 0.6 is 23.2 Å². The molecule has 1 atom stereocenters. The van der Waals surface area contributed by atoms with E-state index in [1.165, 1.54) is 0 Å². The van der Waals surface area contributed by atoms with E-state index in [2.05, 4.69) is 10.2 Å². The maximum Gasteiger partial charge on any atom is 0.322 e. The van der Waals surface area contributed by atoms with E-state index in [9.17, 15) is 4.79 Å². The molecule has 1 heterocycles. The lowest BCUT2D eigenvalue weighted by Gasteiger charge is -2.39. The van der Waals surface area contributed by atoms with E-state index in [4.69, 9.17) is 28.9 Å². The number of hydrogen-bond acceptors (Lipinski definition) is 3. The summed E-state index contributed by atoms with van der Waals surface area (Å²) in [6, 6.07) is 4.80. The van der Waals surface area contributed by atoms with Crippen molar-refractivity contribution in [2.45, 2.75) is 6.04 Å². The van der Waals surface area contributed by atoms with Crippen molar-refractivity contribution in [2.75, 3.05) is 38.5 Å². The number of carbonyl (C=O) groups excluding carboxylic acids is 1. The Balaban J connectivity index is 2.07. The number of rotatable bonds is 2. The topological polar surface area (TPSA) is 61.6 Å². The van der Waals surface area contributed by atoms with Crippen LogP contribution in [0.3, 0.4) is 0 Å². The molecule has 0 spiro atoms. The lowest BCUT2D eigenvalue weighted by molar-refractivity contribution is 0.120. The second kappa shape index (κ2) is 6.63. The number of nitrogens with one attached hydrogen (secondary N) is 1. The molecule has 20 heavy (non-hydrogen) atoms. The Morgan fingerprint density at radius 3 is 2.60 bits per heavy atom. The van der Waals surface area contributed by atoms with Crippen molar-refractivity contribution in [2.24, 2.45) is 5.73 Å². The Morgan fingerprint density at radius 1 is 1.35 bits per heavy atom. The van der Waals surface area contributed by atoms with Crippen LogP contribution < -0.4 is 11.1 Å². The van der Waals surface area contributed by atoms with Crippen LogP contribution in [-0.4, -0.2) is 55.1 Å². The summed E-state index contributed by atoms with van der Waals surface area (Å²) in [5.41, 5.74) is 6.33. The summed E-state index contributed by atoms with van der Waals surface area (Å²) in [6.45, 7) is 2.70. The van der Waals surface area contributed by atoms with Gasteiger partial charge in [0.1, 0.15) is 0 Å². The van der Waals surface area contributed by atoms with Crippen molar-refractivity contribution >= 4 is 34.9 Å². The molecule has 7 heteroatoms. The number of piperazine rings is 1. The van der Waals surface area contributed by atoms with Crippen molar-refractivity contribution in [1.82, 2.24) is 9.80 Å². The van der Waals surface area contributed by atoms with Crippen molar-refractivity contribution in [1.29, 1.82) is 0 Å². The SMILES string of the molecule is CN1CCN(C(=O)Nc2cc(Cl)cc(Cl)c2)C(CN)C1. The molecule has 1 aliphatic rings. The summed E-state index contributed by atoms with van der Waals surface area (Å²) in [5.74, 6) is 0. The molecule has 2 rings (SSSR count). The van der Waals surface area contributed by atoms with Crippen LogP contribution in [0.2, 0.25) is 10.0 Å². The minimum absolute atomic E-state index is 0.0170. The molecule has 0 aliphatic carbocycles. The standard InChI is InChI=1S/C13H18Cl2N4O/c1-18-2-3-19(12(7-16)8-18)13(20)17-11-5-9(14)4-10(15)6-11/h4-6,12H,2-3,7-8,16H2,1H3,(H,17,20). The first-order valence-electron chi connectivity index (χ1n) is 6.42. The van der Waals surface area contributed by atoms with Gasteiger partial charge in [0.05, 0.1) is 6.04 Å². The Bertz CT molecular complexity index is 477. The summed E-state index contributed by atoms with van der Waals surface area (Å²) in [4.78, 5) is 16.2. The fourth-order valence-electron chi connectivity index (χ4n) is 2.30. The van der Waals surface area contributed by atoms with Gasteiger partial charge in [-0.25, -0.2) is 4.79 Å². The van der Waals surface area contributed by atoms with E-state index in [1.54, 1.807) is 23.1 Å². The molecule has 1 aromatic carbocycles. The Morgan fingerprint density at radius 2 is 2.00 bits per heavy atom. The monoisotopic (exact) mass is 316 g/mol. The molecule has 1 unspecified atom stereocenters. The number of halogens is 2. The first kappa shape index (κ1) is 15.4. The second-order valence-electron chi connectivity index (χ2n) is 4.93. The lowest BCUT2D eigenvalue weighted by Crippen LogP contribution is -2.57. The molecule has 0 bridgehead atoms. The first-order chi connectivity index (χ1) is 9.49. The van der Waals surface area contributed by atoms with Crippen molar-refractivity contribution < 1.29 is 4.79 Å². The Kier molecular flexibility index (Phi) is 5.10. The average molecular weight is 317 g/mol. The number of urea groups is 1. The van der Waals surface area contributed by atoms with Crippen LogP contribution in [0.25, 0.3) is 0 Å². The van der Waals surface area contributed by atoms with Crippen molar-refractivity contribution in [3.8, 4) is 0 Å². The van der Waals surface area contributed by atoms with Crippen molar-refractivity contribution in [3.63, 3.8) is 0 Å². The maximum atomic E-state index is 12.3. The zero-order valence-corrected chi connectivity index (χ0v) is 12.8. The summed E-state index contributed by atoms with van der Waals surface area (Å²) in [5, 5.41) is 3.79. The van der Waals surface area contributed by atoms with Gasteiger partial charge in [-0.05, 0) is 25.2 Å². The molecule has 5 nitrogen and oxygen atoms in total. The third-order valence-corrected chi connectivity index (χ3v) is 3.77. The average Bonchev–Trinajstić information content (AvgIpc) is 2.37. The highest BCUT2D eigenvalue weighted by Gasteiger charge is 2.28. The molecule has 1 aliphatic heterocycles. The highest BCUT2D eigenvalue weighted by molar-refractivity contribution is 6.35. The van der Waals surface area contributed by atoms with E-state index in [-0.39, 0.29) is 12.1 Å². The number of anilines is 1. The van der Waals surface area contributed by atoms with Gasteiger partial charge in [-0.2, -0.15) is 0 Å². The van der Waals surface area contributed by atoms with Crippen LogP contribution in [0.4, 0.5) is 10.5 Å². The van der Waals surface area contributed by atoms with Crippen LogP contribution in [-0.2, 0) is 0 Å². The minimum Gasteiger partial charge on any atom is -0.328 e. The number of nitrogens with two attached hydrogens (primary N) is 1. The second-order valence-corrected chi connectivity index (χ2v) is 5.81. The van der Waals surface area contributed by atoms with E-state index >= 15 is 0 Å². The number of nitrogens with zero attached hydrogens (tertiary/aromatic N) is 2. The zero-order valence-electron chi connectivity index (χ0n) is 11.3. The third kappa shape index (κ3) is 3.76. The highest BCUT2D eigenvalue weighted by atomic mass is 35.5. The highest BCUT2D eigenvalue weighted by Crippen LogP contribution is 2.23. The first-order valence-corrected chi connectivity index (χ1v) is 7.17. The van der Waals surface area contributed by atoms with Gasteiger partial charge in [0.15, 0.2) is 0 Å². The number of carbonyl (C=O) groups is 1. The largest absolute Gasteiger partial charge is 0.328 e. The molecular weight excluding hydrogens is 299 g/mol. The summed E-state index contributed by atoms with van der Waals surface area (Å²) < 4.78 is 0. The molecule has 0 aromatic heterocycles. The Labute approximate surface area is 128 Å². The molecule has 1 aromatic rings. The number of hydrogen-bond donors (Lipinski definition) is 2. The van der Waals surface area contributed by atoms with Gasteiger partial charge in [-0.1, -0.05) is 23.2 Å². The van der Waals surface area contributed by atoms with Crippen LogP contribution in [0.5, 0.6) is 0 Å². The van der Waals surface area contributed by atoms with E-state index in [1.807, 2.05) is 7.05 Å². The predicted octanol–water partition coefficient (Wildman–Crippen LogP) is 2.10. The van der Waals surface area contributed by atoms with Gasteiger partial charge in [-0.3, -0.25) is 0 Å². The normalized spacial score (nSPS) is 20.0. The zero-order chi connectivity index (χ0) is 14.7. The summed E-state index contributed by atoms with van der Waals surface area (Å²) in [6.07, 6.45) is 0. The van der Waals surface area contributed by atoms with E-state index in [0.717, 1.165) is 13.1 Å². The van der Waals surface area contributed by atoms with Gasteiger partial charge in [0.2, 0.25) is 0 Å². The number of benzene rings is 1. The third-order valence-electron chi connectivity index (χ3n) is 3.33. The number of likely N-dealkylation sites (N-methyl/N-ethyl adjacent to an activating group) is 1. The smallest absolute Gasteiger partial charge is 0.322 e.